The standard InChI is InChI=1S/C14H18N2O2/c1-5-10-7-6-8-12-11(10)9-15-16(12)13(17)18-14(2,3)4/h6-9H,5H2,1-4H3. The number of aryl methyl sites for hydroxylation is 1. The third-order valence-electron chi connectivity index (χ3n) is 2.65. The van der Waals surface area contributed by atoms with Crippen LogP contribution in [0.3, 0.4) is 0 Å². The molecule has 96 valence electrons. The van der Waals surface area contributed by atoms with Gasteiger partial charge in [0.2, 0.25) is 0 Å². The van der Waals surface area contributed by atoms with Gasteiger partial charge in [-0.3, -0.25) is 0 Å². The van der Waals surface area contributed by atoms with Gasteiger partial charge in [0.1, 0.15) is 5.60 Å². The molecule has 0 aliphatic carbocycles. The molecule has 2 aromatic rings. The van der Waals surface area contributed by atoms with Crippen molar-refractivity contribution in [3.63, 3.8) is 0 Å². The maximum absolute atomic E-state index is 12.0. The summed E-state index contributed by atoms with van der Waals surface area (Å²) in [6.45, 7) is 7.61. The van der Waals surface area contributed by atoms with Crippen LogP contribution in [0, 0.1) is 0 Å². The van der Waals surface area contributed by atoms with E-state index in [9.17, 15) is 4.79 Å². The van der Waals surface area contributed by atoms with Crippen molar-refractivity contribution in [1.29, 1.82) is 0 Å². The topological polar surface area (TPSA) is 44.1 Å². The lowest BCUT2D eigenvalue weighted by atomic mass is 10.1. The fourth-order valence-corrected chi connectivity index (χ4v) is 1.87. The van der Waals surface area contributed by atoms with Crippen molar-refractivity contribution in [3.05, 3.63) is 30.0 Å². The first-order chi connectivity index (χ1) is 8.42. The number of ether oxygens (including phenoxy) is 1. The van der Waals surface area contributed by atoms with Gasteiger partial charge in [-0.1, -0.05) is 19.1 Å². The first-order valence-corrected chi connectivity index (χ1v) is 6.11. The van der Waals surface area contributed by atoms with Crippen molar-refractivity contribution < 1.29 is 9.53 Å². The lowest BCUT2D eigenvalue weighted by Crippen LogP contribution is -2.27. The molecule has 0 fully saturated rings. The van der Waals surface area contributed by atoms with Crippen molar-refractivity contribution in [3.8, 4) is 0 Å². The number of hydrogen-bond donors (Lipinski definition) is 0. The maximum Gasteiger partial charge on any atom is 0.435 e. The minimum absolute atomic E-state index is 0.439. The zero-order valence-electron chi connectivity index (χ0n) is 11.2. The molecule has 0 radical (unpaired) electrons. The number of hydrogen-bond acceptors (Lipinski definition) is 3. The zero-order valence-corrected chi connectivity index (χ0v) is 11.2. The lowest BCUT2D eigenvalue weighted by molar-refractivity contribution is 0.0523. The van der Waals surface area contributed by atoms with E-state index in [2.05, 4.69) is 12.0 Å². The quantitative estimate of drug-likeness (QED) is 0.774. The first kappa shape index (κ1) is 12.6. The molecule has 1 aromatic carbocycles. The molecule has 0 spiro atoms. The summed E-state index contributed by atoms with van der Waals surface area (Å²) < 4.78 is 6.64. The third-order valence-corrected chi connectivity index (χ3v) is 2.65. The van der Waals surface area contributed by atoms with Gasteiger partial charge in [0.05, 0.1) is 11.7 Å². The van der Waals surface area contributed by atoms with Crippen molar-refractivity contribution in [2.75, 3.05) is 0 Å². The van der Waals surface area contributed by atoms with Crippen molar-refractivity contribution in [2.45, 2.75) is 39.7 Å². The van der Waals surface area contributed by atoms with Crippen LogP contribution in [-0.4, -0.2) is 21.5 Å². The van der Waals surface area contributed by atoms with Gasteiger partial charge in [-0.2, -0.15) is 9.78 Å². The molecule has 1 heterocycles. The number of carbonyl (C=O) groups is 1. The molecule has 0 N–H and O–H groups in total. The van der Waals surface area contributed by atoms with E-state index in [1.165, 1.54) is 10.2 Å². The SMILES string of the molecule is CCc1cccc2c1cnn2C(=O)OC(C)(C)C. The third kappa shape index (κ3) is 2.37. The minimum Gasteiger partial charge on any atom is -0.442 e. The van der Waals surface area contributed by atoms with Gasteiger partial charge in [0.15, 0.2) is 0 Å². The molecule has 0 bridgehead atoms. The molecule has 0 aliphatic heterocycles. The van der Waals surface area contributed by atoms with Gasteiger partial charge < -0.3 is 4.74 Å². The second kappa shape index (κ2) is 4.44. The Kier molecular flexibility index (Phi) is 3.11. The summed E-state index contributed by atoms with van der Waals surface area (Å²) in [6.07, 6.45) is 2.20. The molecule has 0 amide bonds. The Morgan fingerprint density at radius 3 is 2.72 bits per heavy atom. The highest BCUT2D eigenvalue weighted by molar-refractivity contribution is 5.89. The van der Waals surface area contributed by atoms with Gasteiger partial charge in [0.25, 0.3) is 0 Å². The average molecular weight is 246 g/mol. The smallest absolute Gasteiger partial charge is 0.435 e. The second-order valence-corrected chi connectivity index (χ2v) is 5.24. The molecule has 1 aromatic heterocycles. The minimum atomic E-state index is -0.516. The highest BCUT2D eigenvalue weighted by Gasteiger charge is 2.20. The number of fused-ring (bicyclic) bond motifs is 1. The Balaban J connectivity index is 2.44. The molecule has 0 unspecified atom stereocenters. The van der Waals surface area contributed by atoms with E-state index < -0.39 is 11.7 Å². The summed E-state index contributed by atoms with van der Waals surface area (Å²) in [7, 11) is 0. The van der Waals surface area contributed by atoms with Crippen LogP contribution in [-0.2, 0) is 11.2 Å². The first-order valence-electron chi connectivity index (χ1n) is 6.11. The largest absolute Gasteiger partial charge is 0.442 e. The van der Waals surface area contributed by atoms with Crippen LogP contribution in [0.15, 0.2) is 24.4 Å². The van der Waals surface area contributed by atoms with Crippen LogP contribution in [0.25, 0.3) is 10.9 Å². The molecule has 0 saturated heterocycles. The molecular weight excluding hydrogens is 228 g/mol. The van der Waals surface area contributed by atoms with E-state index in [0.29, 0.717) is 0 Å². The van der Waals surface area contributed by atoms with Gasteiger partial charge >= 0.3 is 6.09 Å². The van der Waals surface area contributed by atoms with Gasteiger partial charge in [-0.05, 0) is 38.8 Å². The zero-order chi connectivity index (χ0) is 13.3. The van der Waals surface area contributed by atoms with E-state index in [1.54, 1.807) is 6.20 Å². The van der Waals surface area contributed by atoms with E-state index in [0.717, 1.165) is 17.3 Å². The van der Waals surface area contributed by atoms with Gasteiger partial charge in [-0.25, -0.2) is 4.79 Å². The Morgan fingerprint density at radius 1 is 1.39 bits per heavy atom. The number of carbonyl (C=O) groups excluding carboxylic acids is 1. The fourth-order valence-electron chi connectivity index (χ4n) is 1.87. The highest BCUT2D eigenvalue weighted by atomic mass is 16.6. The van der Waals surface area contributed by atoms with Crippen LogP contribution in [0.1, 0.15) is 33.3 Å². The summed E-state index contributed by atoms with van der Waals surface area (Å²) in [4.78, 5) is 12.0. The fraction of sp³-hybridized carbons (Fsp3) is 0.429. The van der Waals surface area contributed by atoms with E-state index >= 15 is 0 Å². The molecule has 2 rings (SSSR count). The Hall–Kier alpha value is -1.84. The molecule has 18 heavy (non-hydrogen) atoms. The van der Waals surface area contributed by atoms with Crippen LogP contribution in [0.2, 0.25) is 0 Å². The van der Waals surface area contributed by atoms with Crippen molar-refractivity contribution >= 4 is 17.0 Å². The summed E-state index contributed by atoms with van der Waals surface area (Å²) >= 11 is 0. The van der Waals surface area contributed by atoms with Gasteiger partial charge in [-0.15, -0.1) is 0 Å². The molecule has 4 nitrogen and oxygen atoms in total. The number of benzene rings is 1. The van der Waals surface area contributed by atoms with Crippen molar-refractivity contribution in [1.82, 2.24) is 9.78 Å². The number of aromatic nitrogens is 2. The number of rotatable bonds is 1. The van der Waals surface area contributed by atoms with E-state index in [1.807, 2.05) is 39.0 Å². The summed E-state index contributed by atoms with van der Waals surface area (Å²) in [5, 5.41) is 5.14. The Labute approximate surface area is 107 Å². The van der Waals surface area contributed by atoms with E-state index in [-0.39, 0.29) is 0 Å². The van der Waals surface area contributed by atoms with Crippen molar-refractivity contribution in [2.24, 2.45) is 0 Å². The lowest BCUT2D eigenvalue weighted by Gasteiger charge is -2.19. The normalized spacial score (nSPS) is 11.8. The van der Waals surface area contributed by atoms with Gasteiger partial charge in [0, 0.05) is 5.39 Å². The molecule has 0 atom stereocenters. The van der Waals surface area contributed by atoms with E-state index in [4.69, 9.17) is 4.74 Å². The number of nitrogens with zero attached hydrogens (tertiary/aromatic N) is 2. The second-order valence-electron chi connectivity index (χ2n) is 5.24. The average Bonchev–Trinajstić information content (AvgIpc) is 2.69. The van der Waals surface area contributed by atoms with Crippen LogP contribution >= 0.6 is 0 Å². The molecule has 4 heteroatoms. The van der Waals surface area contributed by atoms with Crippen LogP contribution in [0.5, 0.6) is 0 Å². The monoisotopic (exact) mass is 246 g/mol. The summed E-state index contributed by atoms with van der Waals surface area (Å²) in [5.74, 6) is 0. The van der Waals surface area contributed by atoms with Crippen LogP contribution < -0.4 is 0 Å². The Bertz CT molecular complexity index is 579. The maximum atomic E-state index is 12.0. The molecule has 0 aliphatic rings. The predicted molar refractivity (Wildman–Crippen MR) is 70.7 cm³/mol. The molecule has 0 saturated carbocycles. The van der Waals surface area contributed by atoms with Crippen LogP contribution in [0.4, 0.5) is 4.79 Å². The Morgan fingerprint density at radius 2 is 2.11 bits per heavy atom. The summed E-state index contributed by atoms with van der Waals surface area (Å²) in [6, 6.07) is 5.86. The summed E-state index contributed by atoms with van der Waals surface area (Å²) in [5.41, 5.74) is 1.46. The predicted octanol–water partition coefficient (Wildman–Crippen LogP) is 3.38. The molecular formula is C14H18N2O2. The highest BCUT2D eigenvalue weighted by Crippen LogP contribution is 2.20.